The standard InChI is InChI=1S/C36H38N10O12S2/c1-21(2)29(47)57-35-41-31(39-33(43-35)45-11-15-55-16-12-45)37-25-9-7-23(27(19-25)59(49,50)51)5-6-24-8-10-26(20-28(24)60(52,53)54)38-32-40-34(46-13-17-56-18-14-46)44-36(42-32)58-30(48)22(3)4/h5-10,19-20H,1,3,11-18H2,2,4H3,(H,49,50,51)(H,52,53,54)(H,37,39,41,43)(H,38,40,42,44)/b6-5+. The molecular weight excluding hydrogens is 829 g/mol. The molecule has 22 nitrogen and oxygen atoms in total. The van der Waals surface area contributed by atoms with Crippen molar-refractivity contribution < 1.29 is 54.5 Å². The van der Waals surface area contributed by atoms with Crippen LogP contribution < -0.4 is 29.9 Å². The average molecular weight is 867 g/mol. The maximum absolute atomic E-state index is 12.6. The molecule has 0 atom stereocenters. The van der Waals surface area contributed by atoms with Crippen LogP contribution in [0.3, 0.4) is 0 Å². The number of anilines is 6. The van der Waals surface area contributed by atoms with Crippen LogP contribution in [0.2, 0.25) is 0 Å². The van der Waals surface area contributed by atoms with Gasteiger partial charge in [0.2, 0.25) is 23.8 Å². The second-order valence-electron chi connectivity index (χ2n) is 13.1. The smallest absolute Gasteiger partial charge is 0.340 e. The first-order valence-electron chi connectivity index (χ1n) is 17.8. The minimum atomic E-state index is -4.91. The maximum Gasteiger partial charge on any atom is 0.340 e. The summed E-state index contributed by atoms with van der Waals surface area (Å²) in [5.41, 5.74) is 0.185. The summed E-state index contributed by atoms with van der Waals surface area (Å²) in [6.45, 7) is 13.3. The Morgan fingerprint density at radius 3 is 1.35 bits per heavy atom. The second-order valence-corrected chi connectivity index (χ2v) is 15.8. The van der Waals surface area contributed by atoms with Gasteiger partial charge in [0.15, 0.2) is 0 Å². The maximum atomic E-state index is 12.6. The molecular formula is C36H38N10O12S2. The molecule has 6 rings (SSSR count). The van der Waals surface area contributed by atoms with Crippen LogP contribution in [0.5, 0.6) is 12.0 Å². The van der Waals surface area contributed by atoms with Gasteiger partial charge in [0.25, 0.3) is 20.2 Å². The Morgan fingerprint density at radius 1 is 0.650 bits per heavy atom. The number of morpholine rings is 2. The van der Waals surface area contributed by atoms with Crippen LogP contribution in [0.1, 0.15) is 25.0 Å². The molecule has 0 saturated carbocycles. The molecule has 0 amide bonds. The Labute approximate surface area is 343 Å². The molecule has 60 heavy (non-hydrogen) atoms. The first-order valence-corrected chi connectivity index (χ1v) is 20.7. The highest BCUT2D eigenvalue weighted by atomic mass is 32.2. The monoisotopic (exact) mass is 866 g/mol. The lowest BCUT2D eigenvalue weighted by atomic mass is 10.1. The topological polar surface area (TPSA) is 288 Å². The van der Waals surface area contributed by atoms with Crippen LogP contribution in [0.25, 0.3) is 12.2 Å². The average Bonchev–Trinajstić information content (AvgIpc) is 3.20. The summed E-state index contributed by atoms with van der Waals surface area (Å²) in [6, 6.07) is 6.90. The van der Waals surface area contributed by atoms with Gasteiger partial charge >= 0.3 is 24.0 Å². The molecule has 4 aromatic rings. The SMILES string of the molecule is C=C(C)C(=O)Oc1nc(Nc2ccc(/C=C/c3ccc(Nc4nc(OC(=O)C(=C)C)nc(N5CCOCC5)n4)cc3S(=O)(=O)O)c(S(=O)(=O)O)c2)nc(N2CCOCC2)n1. The molecule has 0 radical (unpaired) electrons. The van der Waals surface area contributed by atoms with E-state index in [1.807, 2.05) is 0 Å². The summed E-state index contributed by atoms with van der Waals surface area (Å²) in [6.07, 6.45) is 2.42. The number of benzene rings is 2. The van der Waals surface area contributed by atoms with Crippen molar-refractivity contribution in [3.05, 3.63) is 71.8 Å². The van der Waals surface area contributed by atoms with Gasteiger partial charge in [0, 0.05) is 48.7 Å². The van der Waals surface area contributed by atoms with Crippen LogP contribution in [0.15, 0.2) is 70.5 Å². The Morgan fingerprint density at radius 2 is 1.02 bits per heavy atom. The fourth-order valence-corrected chi connectivity index (χ4v) is 6.85. The lowest BCUT2D eigenvalue weighted by Crippen LogP contribution is -2.37. The predicted octanol–water partition coefficient (Wildman–Crippen LogP) is 2.84. The van der Waals surface area contributed by atoms with Gasteiger partial charge in [-0.2, -0.15) is 46.7 Å². The van der Waals surface area contributed by atoms with Crippen molar-refractivity contribution in [2.45, 2.75) is 23.6 Å². The van der Waals surface area contributed by atoms with Gasteiger partial charge in [-0.15, -0.1) is 0 Å². The number of rotatable bonds is 14. The molecule has 2 aliphatic heterocycles. The Bertz CT molecular complexity index is 2420. The van der Waals surface area contributed by atoms with E-state index in [0.29, 0.717) is 52.6 Å². The summed E-state index contributed by atoms with van der Waals surface area (Å²) < 4.78 is 92.2. The summed E-state index contributed by atoms with van der Waals surface area (Å²) in [4.78, 5) is 52.3. The number of hydrogen-bond donors (Lipinski definition) is 4. The molecule has 0 bridgehead atoms. The third kappa shape index (κ3) is 11.2. The number of hydrogen-bond acceptors (Lipinski definition) is 20. The number of aromatic nitrogens is 6. The Balaban J connectivity index is 1.29. The van der Waals surface area contributed by atoms with Crippen molar-refractivity contribution in [3.63, 3.8) is 0 Å². The van der Waals surface area contributed by atoms with Crippen molar-refractivity contribution in [2.24, 2.45) is 0 Å². The highest BCUT2D eigenvalue weighted by Gasteiger charge is 2.23. The van der Waals surface area contributed by atoms with E-state index in [-0.39, 0.29) is 69.5 Å². The van der Waals surface area contributed by atoms with Gasteiger partial charge in [-0.3, -0.25) is 9.11 Å². The first-order chi connectivity index (χ1) is 28.4. The summed E-state index contributed by atoms with van der Waals surface area (Å²) in [5, 5.41) is 5.66. The molecule has 2 fully saturated rings. The highest BCUT2D eigenvalue weighted by molar-refractivity contribution is 7.86. The number of esters is 2. The van der Waals surface area contributed by atoms with Crippen molar-refractivity contribution in [1.29, 1.82) is 0 Å². The van der Waals surface area contributed by atoms with E-state index in [1.165, 1.54) is 50.3 Å². The van der Waals surface area contributed by atoms with Gasteiger partial charge in [0.05, 0.1) is 26.4 Å². The zero-order chi connectivity index (χ0) is 43.2. The highest BCUT2D eigenvalue weighted by Crippen LogP contribution is 2.29. The largest absolute Gasteiger partial charge is 0.387 e. The molecule has 316 valence electrons. The van der Waals surface area contributed by atoms with Gasteiger partial charge in [-0.1, -0.05) is 37.4 Å². The Hall–Kier alpha value is -6.44. The quantitative estimate of drug-likeness (QED) is 0.0613. The van der Waals surface area contributed by atoms with E-state index < -0.39 is 42.0 Å². The molecule has 0 aliphatic carbocycles. The van der Waals surface area contributed by atoms with E-state index >= 15 is 0 Å². The van der Waals surface area contributed by atoms with Crippen molar-refractivity contribution in [2.75, 3.05) is 73.0 Å². The fraction of sp³-hybridized carbons (Fsp3) is 0.278. The van der Waals surface area contributed by atoms with Crippen molar-refractivity contribution in [1.82, 2.24) is 29.9 Å². The zero-order valence-corrected chi connectivity index (χ0v) is 33.7. The third-order valence-corrected chi connectivity index (χ3v) is 10.2. The molecule has 4 heterocycles. The number of carbonyl (C=O) groups is 2. The lowest BCUT2D eigenvalue weighted by molar-refractivity contribution is -0.131. The van der Waals surface area contributed by atoms with Crippen LogP contribution in [0.4, 0.5) is 35.2 Å². The van der Waals surface area contributed by atoms with Gasteiger partial charge in [-0.05, 0) is 49.2 Å². The molecule has 24 heteroatoms. The molecule has 2 aromatic heterocycles. The second kappa shape index (κ2) is 18.2. The van der Waals surface area contributed by atoms with E-state index in [0.717, 1.165) is 12.1 Å². The van der Waals surface area contributed by atoms with Gasteiger partial charge < -0.3 is 39.4 Å². The predicted molar refractivity (Wildman–Crippen MR) is 215 cm³/mol. The Kier molecular flexibility index (Phi) is 13.1. The lowest BCUT2D eigenvalue weighted by Gasteiger charge is -2.26. The minimum Gasteiger partial charge on any atom is -0.387 e. The molecule has 4 N–H and O–H groups in total. The van der Waals surface area contributed by atoms with Crippen LogP contribution in [0, 0.1) is 0 Å². The summed E-state index contributed by atoms with van der Waals surface area (Å²) in [5.74, 6) is -1.55. The molecule has 2 aliphatic rings. The van der Waals surface area contributed by atoms with Crippen LogP contribution in [-0.2, 0) is 39.3 Å². The minimum absolute atomic E-state index is 0.0788. The van der Waals surface area contributed by atoms with E-state index in [4.69, 9.17) is 18.9 Å². The third-order valence-electron chi connectivity index (χ3n) is 8.40. The number of nitrogens with one attached hydrogen (secondary N) is 2. The molecule has 0 spiro atoms. The first kappa shape index (κ1) is 43.1. The van der Waals surface area contributed by atoms with Gasteiger partial charge in [-0.25, -0.2) is 9.59 Å². The zero-order valence-electron chi connectivity index (χ0n) is 32.1. The molecule has 2 aromatic carbocycles. The van der Waals surface area contributed by atoms with Crippen molar-refractivity contribution in [3.8, 4) is 12.0 Å². The normalized spacial score (nSPS) is 14.7. The summed E-state index contributed by atoms with van der Waals surface area (Å²) in [7, 11) is -9.82. The number of carbonyl (C=O) groups excluding carboxylic acids is 2. The fourth-order valence-electron chi connectivity index (χ4n) is 5.43. The number of ether oxygens (including phenoxy) is 4. The van der Waals surface area contributed by atoms with E-state index in [2.05, 4.69) is 53.7 Å². The van der Waals surface area contributed by atoms with E-state index in [9.17, 15) is 35.5 Å². The van der Waals surface area contributed by atoms with Crippen LogP contribution in [-0.4, -0.2) is 120 Å². The van der Waals surface area contributed by atoms with Gasteiger partial charge in [0.1, 0.15) is 9.79 Å². The summed E-state index contributed by atoms with van der Waals surface area (Å²) >= 11 is 0. The molecule has 2 saturated heterocycles. The number of nitrogens with zero attached hydrogens (tertiary/aromatic N) is 8. The van der Waals surface area contributed by atoms with Crippen LogP contribution >= 0.6 is 0 Å². The van der Waals surface area contributed by atoms with Crippen molar-refractivity contribution >= 4 is 79.5 Å². The van der Waals surface area contributed by atoms with E-state index in [1.54, 1.807) is 9.80 Å². The molecule has 0 unspecified atom stereocenters.